The Morgan fingerprint density at radius 2 is 2.04 bits per heavy atom. The minimum atomic E-state index is -0.949. The minimum absolute atomic E-state index is 0.146. The van der Waals surface area contributed by atoms with E-state index < -0.39 is 12.0 Å². The summed E-state index contributed by atoms with van der Waals surface area (Å²) in [7, 11) is 0. The van der Waals surface area contributed by atoms with Gasteiger partial charge in [0.15, 0.2) is 0 Å². The molecule has 0 saturated carbocycles. The summed E-state index contributed by atoms with van der Waals surface area (Å²) in [6, 6.07) is 6.42. The molecule has 2 heterocycles. The molecule has 1 atom stereocenters. The van der Waals surface area contributed by atoms with E-state index in [9.17, 15) is 19.5 Å². The van der Waals surface area contributed by atoms with Crippen LogP contribution in [-0.2, 0) is 16.1 Å². The predicted molar refractivity (Wildman–Crippen MR) is 82.8 cm³/mol. The number of carboxylic acid groups (broad SMARTS) is 1. The van der Waals surface area contributed by atoms with E-state index in [4.69, 9.17) is 0 Å². The van der Waals surface area contributed by atoms with E-state index in [1.807, 2.05) is 6.07 Å². The molecule has 2 fully saturated rings. The molecule has 1 aromatic carbocycles. The predicted octanol–water partition coefficient (Wildman–Crippen LogP) is 1.50. The van der Waals surface area contributed by atoms with Gasteiger partial charge >= 0.3 is 5.97 Å². The smallest absolute Gasteiger partial charge is 0.326 e. The van der Waals surface area contributed by atoms with Gasteiger partial charge in [-0.2, -0.15) is 0 Å². The number of carbonyl (C=O) groups is 3. The zero-order valence-corrected chi connectivity index (χ0v) is 12.9. The van der Waals surface area contributed by atoms with Gasteiger partial charge in [-0.15, -0.1) is 0 Å². The quantitative estimate of drug-likeness (QED) is 0.913. The molecule has 1 aromatic rings. The third-order valence-corrected chi connectivity index (χ3v) is 4.52. The molecule has 0 bridgehead atoms. The molecule has 1 unspecified atom stereocenters. The fourth-order valence-electron chi connectivity index (χ4n) is 3.33. The van der Waals surface area contributed by atoms with E-state index in [-0.39, 0.29) is 11.8 Å². The van der Waals surface area contributed by atoms with Crippen LogP contribution in [0.2, 0.25) is 0 Å². The second-order valence-corrected chi connectivity index (χ2v) is 6.11. The van der Waals surface area contributed by atoms with Gasteiger partial charge in [-0.3, -0.25) is 9.59 Å². The molecule has 3 rings (SSSR count). The Balaban J connectivity index is 1.75. The van der Waals surface area contributed by atoms with Crippen LogP contribution < -0.4 is 0 Å². The number of rotatable bonds is 4. The first kappa shape index (κ1) is 15.5. The number of amides is 2. The zero-order chi connectivity index (χ0) is 16.4. The fourth-order valence-corrected chi connectivity index (χ4v) is 3.33. The molecule has 2 amide bonds. The van der Waals surface area contributed by atoms with Crippen LogP contribution in [0.15, 0.2) is 24.3 Å². The molecule has 0 aliphatic carbocycles. The summed E-state index contributed by atoms with van der Waals surface area (Å²) >= 11 is 0. The topological polar surface area (TPSA) is 77.9 Å². The molecule has 2 aliphatic rings. The van der Waals surface area contributed by atoms with Crippen molar-refractivity contribution in [1.29, 1.82) is 0 Å². The number of carbonyl (C=O) groups excluding carboxylic acids is 2. The Morgan fingerprint density at radius 3 is 2.74 bits per heavy atom. The van der Waals surface area contributed by atoms with Crippen molar-refractivity contribution >= 4 is 17.8 Å². The fraction of sp³-hybridized carbons (Fsp3) is 0.471. The van der Waals surface area contributed by atoms with Gasteiger partial charge < -0.3 is 14.9 Å². The average molecular weight is 316 g/mol. The first-order valence-corrected chi connectivity index (χ1v) is 7.97. The van der Waals surface area contributed by atoms with Crippen molar-refractivity contribution in [2.24, 2.45) is 0 Å². The van der Waals surface area contributed by atoms with Gasteiger partial charge in [0.2, 0.25) is 5.91 Å². The number of nitrogens with zero attached hydrogens (tertiary/aromatic N) is 2. The summed E-state index contributed by atoms with van der Waals surface area (Å²) in [5, 5.41) is 9.21. The molecule has 2 aliphatic heterocycles. The van der Waals surface area contributed by atoms with E-state index in [1.54, 1.807) is 23.1 Å². The van der Waals surface area contributed by atoms with E-state index in [1.165, 1.54) is 4.90 Å². The first-order chi connectivity index (χ1) is 11.1. The monoisotopic (exact) mass is 316 g/mol. The molecule has 6 heteroatoms. The van der Waals surface area contributed by atoms with Gasteiger partial charge in [-0.25, -0.2) is 4.79 Å². The Hall–Kier alpha value is -2.37. The van der Waals surface area contributed by atoms with Gasteiger partial charge in [0.05, 0.1) is 0 Å². The van der Waals surface area contributed by atoms with E-state index >= 15 is 0 Å². The molecular weight excluding hydrogens is 296 g/mol. The van der Waals surface area contributed by atoms with Crippen molar-refractivity contribution in [3.8, 4) is 0 Å². The van der Waals surface area contributed by atoms with Crippen molar-refractivity contribution in [1.82, 2.24) is 9.80 Å². The second-order valence-electron chi connectivity index (χ2n) is 6.11. The van der Waals surface area contributed by atoms with Crippen molar-refractivity contribution in [3.63, 3.8) is 0 Å². The Bertz CT molecular complexity index is 643. The lowest BCUT2D eigenvalue weighted by atomic mass is 10.1. The number of benzene rings is 1. The highest BCUT2D eigenvalue weighted by Gasteiger charge is 2.34. The number of hydrogen-bond acceptors (Lipinski definition) is 3. The van der Waals surface area contributed by atoms with Gasteiger partial charge in [0.1, 0.15) is 6.04 Å². The van der Waals surface area contributed by atoms with E-state index in [0.717, 1.165) is 18.5 Å². The molecule has 23 heavy (non-hydrogen) atoms. The highest BCUT2D eigenvalue weighted by atomic mass is 16.4. The number of carboxylic acids is 1. The van der Waals surface area contributed by atoms with Gasteiger partial charge in [0.25, 0.3) is 5.91 Å². The van der Waals surface area contributed by atoms with Crippen LogP contribution in [0.5, 0.6) is 0 Å². The third kappa shape index (κ3) is 3.21. The van der Waals surface area contributed by atoms with Gasteiger partial charge in [0, 0.05) is 31.6 Å². The molecule has 1 N–H and O–H groups in total. The molecule has 2 saturated heterocycles. The van der Waals surface area contributed by atoms with Crippen molar-refractivity contribution in [2.75, 3.05) is 13.1 Å². The summed E-state index contributed by atoms with van der Waals surface area (Å²) in [6.07, 6.45) is 2.69. The Morgan fingerprint density at radius 1 is 1.22 bits per heavy atom. The number of aliphatic carboxylic acids is 1. The third-order valence-electron chi connectivity index (χ3n) is 4.52. The number of likely N-dealkylation sites (tertiary alicyclic amines) is 2. The van der Waals surface area contributed by atoms with Crippen LogP contribution in [-0.4, -0.2) is 51.8 Å². The molecule has 0 radical (unpaired) electrons. The lowest BCUT2D eigenvalue weighted by Crippen LogP contribution is -2.40. The first-order valence-electron chi connectivity index (χ1n) is 7.97. The highest BCUT2D eigenvalue weighted by molar-refractivity contribution is 5.97. The molecule has 122 valence electrons. The molecular formula is C17H20N2O4. The van der Waals surface area contributed by atoms with E-state index in [0.29, 0.717) is 37.9 Å². The normalized spacial score (nSPS) is 21.0. The summed E-state index contributed by atoms with van der Waals surface area (Å²) in [5.41, 5.74) is 1.39. The van der Waals surface area contributed by atoms with Crippen LogP contribution in [0, 0.1) is 0 Å². The maximum absolute atomic E-state index is 12.6. The maximum atomic E-state index is 12.6. The molecule has 6 nitrogen and oxygen atoms in total. The average Bonchev–Trinajstić information content (AvgIpc) is 3.17. The van der Waals surface area contributed by atoms with Crippen molar-refractivity contribution in [2.45, 2.75) is 38.3 Å². The van der Waals surface area contributed by atoms with Gasteiger partial charge in [-0.1, -0.05) is 12.1 Å². The lowest BCUT2D eigenvalue weighted by Gasteiger charge is -2.22. The van der Waals surface area contributed by atoms with Crippen LogP contribution in [0.25, 0.3) is 0 Å². The van der Waals surface area contributed by atoms with Crippen molar-refractivity contribution < 1.29 is 19.5 Å². The summed E-state index contributed by atoms with van der Waals surface area (Å²) in [4.78, 5) is 38.8. The lowest BCUT2D eigenvalue weighted by molar-refractivity contribution is -0.141. The van der Waals surface area contributed by atoms with Gasteiger partial charge in [-0.05, 0) is 37.0 Å². The Kier molecular flexibility index (Phi) is 4.32. The highest BCUT2D eigenvalue weighted by Crippen LogP contribution is 2.21. The zero-order valence-electron chi connectivity index (χ0n) is 12.9. The largest absolute Gasteiger partial charge is 0.480 e. The van der Waals surface area contributed by atoms with E-state index in [2.05, 4.69) is 0 Å². The standard InChI is InChI=1S/C17H20N2O4/c20-15-7-3-8-18(15)11-12-4-1-5-13(10-12)16(21)19-9-2-6-14(19)17(22)23/h1,4-5,10,14H,2-3,6-9,11H2,(H,22,23). The van der Waals surface area contributed by atoms with Crippen LogP contribution in [0.4, 0.5) is 0 Å². The number of hydrogen-bond donors (Lipinski definition) is 1. The molecule has 0 aromatic heterocycles. The summed E-state index contributed by atoms with van der Waals surface area (Å²) in [6.45, 7) is 1.73. The second kappa shape index (κ2) is 6.40. The molecule has 0 spiro atoms. The van der Waals surface area contributed by atoms with Crippen LogP contribution >= 0.6 is 0 Å². The van der Waals surface area contributed by atoms with Crippen molar-refractivity contribution in [3.05, 3.63) is 35.4 Å². The van der Waals surface area contributed by atoms with Crippen LogP contribution in [0.1, 0.15) is 41.6 Å². The minimum Gasteiger partial charge on any atom is -0.480 e. The summed E-state index contributed by atoms with van der Waals surface area (Å²) in [5.74, 6) is -1.05. The maximum Gasteiger partial charge on any atom is 0.326 e. The summed E-state index contributed by atoms with van der Waals surface area (Å²) < 4.78 is 0. The van der Waals surface area contributed by atoms with Crippen LogP contribution in [0.3, 0.4) is 0 Å². The SMILES string of the molecule is O=C(O)C1CCCN1C(=O)c1cccc(CN2CCCC2=O)c1. The Labute approximate surface area is 134 Å².